The highest BCUT2D eigenvalue weighted by Crippen LogP contribution is 2.26. The molecule has 1 aromatic carbocycles. The summed E-state index contributed by atoms with van der Waals surface area (Å²) in [5.74, 6) is 0.492. The quantitative estimate of drug-likeness (QED) is 0.647. The number of ketones is 1. The molecule has 1 N–H and O–H groups in total. The van der Waals surface area contributed by atoms with Crippen LogP contribution in [-0.2, 0) is 0 Å². The summed E-state index contributed by atoms with van der Waals surface area (Å²) in [5, 5.41) is 0.831. The van der Waals surface area contributed by atoms with E-state index in [9.17, 15) is 9.59 Å². The van der Waals surface area contributed by atoms with Gasteiger partial charge in [-0.05, 0) is 33.2 Å². The summed E-state index contributed by atoms with van der Waals surface area (Å²) in [6, 6.07) is 5.25. The number of likely N-dealkylation sites (N-methyl/N-ethyl adjacent to an activating group) is 1. The molecule has 0 aliphatic rings. The molecule has 0 atom stereocenters. The third-order valence-corrected chi connectivity index (χ3v) is 3.04. The van der Waals surface area contributed by atoms with Gasteiger partial charge in [0.05, 0.1) is 11.3 Å². The predicted molar refractivity (Wildman–Crippen MR) is 77.7 cm³/mol. The van der Waals surface area contributed by atoms with Crippen LogP contribution in [0, 0.1) is 0 Å². The molecule has 0 unspecified atom stereocenters. The van der Waals surface area contributed by atoms with Crippen molar-refractivity contribution in [1.82, 2.24) is 9.88 Å². The van der Waals surface area contributed by atoms with Gasteiger partial charge in [-0.1, -0.05) is 0 Å². The lowest BCUT2D eigenvalue weighted by Crippen LogP contribution is -2.20. The van der Waals surface area contributed by atoms with Gasteiger partial charge >= 0.3 is 0 Å². The summed E-state index contributed by atoms with van der Waals surface area (Å²) in [5.41, 5.74) is 1.81. The molecule has 0 bridgehead atoms. The predicted octanol–water partition coefficient (Wildman–Crippen LogP) is 2.12. The fourth-order valence-electron chi connectivity index (χ4n) is 1.98. The number of aldehydes is 1. The van der Waals surface area contributed by atoms with Gasteiger partial charge in [0.1, 0.15) is 12.4 Å². The van der Waals surface area contributed by atoms with Crippen molar-refractivity contribution in [3.63, 3.8) is 0 Å². The lowest BCUT2D eigenvalue weighted by atomic mass is 10.1. The minimum atomic E-state index is -0.0550. The van der Waals surface area contributed by atoms with Crippen LogP contribution in [0.1, 0.15) is 27.8 Å². The fraction of sp³-hybridized carbons (Fsp3) is 0.333. The molecule has 106 valence electrons. The Balaban J connectivity index is 2.36. The molecule has 5 nitrogen and oxygen atoms in total. The second-order valence-electron chi connectivity index (χ2n) is 4.99. The SMILES string of the molecule is CC(=O)c1cc2cc(C=O)[nH]c2cc1OCCN(C)C. The normalized spacial score (nSPS) is 11.0. The topological polar surface area (TPSA) is 62.4 Å². The molecular formula is C15H18N2O3. The Bertz CT molecular complexity index is 644. The first-order valence-corrected chi connectivity index (χ1v) is 6.41. The summed E-state index contributed by atoms with van der Waals surface area (Å²) in [7, 11) is 3.92. The largest absolute Gasteiger partial charge is 0.491 e. The van der Waals surface area contributed by atoms with Crippen LogP contribution in [0.15, 0.2) is 18.2 Å². The number of Topliss-reactive ketones (excluding diaryl/α,β-unsaturated/α-hetero) is 1. The number of aromatic nitrogens is 1. The third kappa shape index (κ3) is 3.05. The van der Waals surface area contributed by atoms with E-state index in [1.54, 1.807) is 18.2 Å². The number of carbonyl (C=O) groups is 2. The van der Waals surface area contributed by atoms with Crippen LogP contribution in [0.3, 0.4) is 0 Å². The summed E-state index contributed by atoms with van der Waals surface area (Å²) >= 11 is 0. The summed E-state index contributed by atoms with van der Waals surface area (Å²) in [6.45, 7) is 2.77. The van der Waals surface area contributed by atoms with Gasteiger partial charge in [0, 0.05) is 23.5 Å². The maximum absolute atomic E-state index is 11.7. The number of ether oxygens (including phenoxy) is 1. The third-order valence-electron chi connectivity index (χ3n) is 3.04. The van der Waals surface area contributed by atoms with E-state index in [0.29, 0.717) is 23.6 Å². The second-order valence-corrected chi connectivity index (χ2v) is 4.99. The molecule has 0 spiro atoms. The van der Waals surface area contributed by atoms with Crippen molar-refractivity contribution in [2.75, 3.05) is 27.2 Å². The van der Waals surface area contributed by atoms with Gasteiger partial charge in [0.15, 0.2) is 12.1 Å². The number of hydrogen-bond acceptors (Lipinski definition) is 4. The highest BCUT2D eigenvalue weighted by Gasteiger charge is 2.12. The minimum absolute atomic E-state index is 0.0550. The summed E-state index contributed by atoms with van der Waals surface area (Å²) in [6.07, 6.45) is 0.750. The average molecular weight is 274 g/mol. The van der Waals surface area contributed by atoms with E-state index < -0.39 is 0 Å². The first-order valence-electron chi connectivity index (χ1n) is 6.41. The van der Waals surface area contributed by atoms with E-state index in [1.165, 1.54) is 6.92 Å². The average Bonchev–Trinajstić information content (AvgIpc) is 2.79. The molecule has 0 saturated carbocycles. The number of H-pyrrole nitrogens is 1. The van der Waals surface area contributed by atoms with Gasteiger partial charge in [-0.15, -0.1) is 0 Å². The van der Waals surface area contributed by atoms with Gasteiger partial charge in [0.25, 0.3) is 0 Å². The smallest absolute Gasteiger partial charge is 0.166 e. The lowest BCUT2D eigenvalue weighted by Gasteiger charge is -2.13. The second kappa shape index (κ2) is 5.88. The van der Waals surface area contributed by atoms with Crippen LogP contribution in [-0.4, -0.2) is 49.2 Å². The molecule has 2 aromatic rings. The number of fused-ring (bicyclic) bond motifs is 1. The summed E-state index contributed by atoms with van der Waals surface area (Å²) in [4.78, 5) is 27.5. The summed E-state index contributed by atoms with van der Waals surface area (Å²) < 4.78 is 5.69. The molecule has 2 rings (SSSR count). The Morgan fingerprint density at radius 1 is 1.35 bits per heavy atom. The fourth-order valence-corrected chi connectivity index (χ4v) is 1.98. The van der Waals surface area contributed by atoms with E-state index >= 15 is 0 Å². The Morgan fingerprint density at radius 3 is 2.70 bits per heavy atom. The number of aromatic amines is 1. The molecule has 5 heteroatoms. The standard InChI is InChI=1S/C15H18N2O3/c1-10(19)13-7-11-6-12(9-18)16-14(11)8-15(13)20-5-4-17(2)3/h6-9,16H,4-5H2,1-3H3. The lowest BCUT2D eigenvalue weighted by molar-refractivity contribution is 0.101. The van der Waals surface area contributed by atoms with Gasteiger partial charge in [-0.3, -0.25) is 9.59 Å². The van der Waals surface area contributed by atoms with Crippen LogP contribution < -0.4 is 4.74 Å². The Labute approximate surface area is 117 Å². The molecule has 0 aliphatic carbocycles. The van der Waals surface area contributed by atoms with Crippen LogP contribution >= 0.6 is 0 Å². The van der Waals surface area contributed by atoms with Gasteiger partial charge in [-0.2, -0.15) is 0 Å². The first kappa shape index (κ1) is 14.3. The number of hydrogen-bond donors (Lipinski definition) is 1. The number of nitrogens with zero attached hydrogens (tertiary/aromatic N) is 1. The van der Waals surface area contributed by atoms with Crippen LogP contribution in [0.5, 0.6) is 5.75 Å². The zero-order valence-electron chi connectivity index (χ0n) is 11.9. The van der Waals surface area contributed by atoms with E-state index in [4.69, 9.17) is 4.74 Å². The van der Waals surface area contributed by atoms with Crippen molar-refractivity contribution in [2.24, 2.45) is 0 Å². The Hall–Kier alpha value is -2.14. The molecule has 20 heavy (non-hydrogen) atoms. The zero-order valence-corrected chi connectivity index (χ0v) is 11.9. The van der Waals surface area contributed by atoms with Gasteiger partial charge in [-0.25, -0.2) is 0 Å². The molecule has 0 amide bonds. The maximum atomic E-state index is 11.7. The van der Waals surface area contributed by atoms with Crippen molar-refractivity contribution < 1.29 is 14.3 Å². The number of rotatable bonds is 6. The zero-order chi connectivity index (χ0) is 14.7. The number of benzene rings is 1. The highest BCUT2D eigenvalue weighted by molar-refractivity contribution is 6.02. The maximum Gasteiger partial charge on any atom is 0.166 e. The molecule has 0 radical (unpaired) electrons. The van der Waals surface area contributed by atoms with Crippen molar-refractivity contribution in [3.05, 3.63) is 29.5 Å². The van der Waals surface area contributed by atoms with Crippen molar-refractivity contribution in [1.29, 1.82) is 0 Å². The van der Waals surface area contributed by atoms with E-state index in [-0.39, 0.29) is 5.78 Å². The van der Waals surface area contributed by atoms with E-state index in [1.807, 2.05) is 19.0 Å². The highest BCUT2D eigenvalue weighted by atomic mass is 16.5. The Morgan fingerprint density at radius 2 is 2.10 bits per heavy atom. The van der Waals surface area contributed by atoms with Crippen LogP contribution in [0.2, 0.25) is 0 Å². The molecule has 0 fully saturated rings. The molecule has 0 aliphatic heterocycles. The monoisotopic (exact) mass is 274 g/mol. The van der Waals surface area contributed by atoms with Crippen LogP contribution in [0.4, 0.5) is 0 Å². The molecule has 1 aromatic heterocycles. The van der Waals surface area contributed by atoms with Gasteiger partial charge < -0.3 is 14.6 Å². The molecule has 1 heterocycles. The molecular weight excluding hydrogens is 256 g/mol. The van der Waals surface area contributed by atoms with Crippen molar-refractivity contribution in [3.8, 4) is 5.75 Å². The van der Waals surface area contributed by atoms with E-state index in [2.05, 4.69) is 4.98 Å². The Kier molecular flexibility index (Phi) is 4.20. The van der Waals surface area contributed by atoms with Crippen molar-refractivity contribution in [2.45, 2.75) is 6.92 Å². The molecule has 0 saturated heterocycles. The minimum Gasteiger partial charge on any atom is -0.491 e. The van der Waals surface area contributed by atoms with Crippen molar-refractivity contribution >= 4 is 23.0 Å². The number of carbonyl (C=O) groups excluding carboxylic acids is 2. The number of nitrogens with one attached hydrogen (secondary N) is 1. The van der Waals surface area contributed by atoms with E-state index in [0.717, 1.165) is 23.7 Å². The first-order chi connectivity index (χ1) is 9.51. The van der Waals surface area contributed by atoms with Gasteiger partial charge in [0.2, 0.25) is 0 Å². The van der Waals surface area contributed by atoms with Crippen LogP contribution in [0.25, 0.3) is 10.9 Å².